The van der Waals surface area contributed by atoms with Crippen molar-refractivity contribution in [2.75, 3.05) is 7.11 Å². The quantitative estimate of drug-likeness (QED) is 0.510. The Balaban J connectivity index is 1.58. The Bertz CT molecular complexity index is 710. The van der Waals surface area contributed by atoms with Gasteiger partial charge in [0.15, 0.2) is 0 Å². The predicted octanol–water partition coefficient (Wildman–Crippen LogP) is 5.89. The fourth-order valence-electron chi connectivity index (χ4n) is 6.04. The molecule has 5 atom stereocenters. The average Bonchev–Trinajstić information content (AvgIpc) is 3.05. The number of methoxy groups -OCH3 is 1. The van der Waals surface area contributed by atoms with E-state index in [1.165, 1.54) is 19.8 Å². The van der Waals surface area contributed by atoms with Crippen molar-refractivity contribution in [3.05, 3.63) is 29.8 Å². The molecule has 0 amide bonds. The summed E-state index contributed by atoms with van der Waals surface area (Å²) in [4.78, 5) is 24.0. The third-order valence-electron chi connectivity index (χ3n) is 7.55. The first kappa shape index (κ1) is 21.9. The highest BCUT2D eigenvalue weighted by atomic mass is 16.5. The summed E-state index contributed by atoms with van der Waals surface area (Å²) >= 11 is 0. The van der Waals surface area contributed by atoms with Gasteiger partial charge < -0.3 is 9.47 Å². The Kier molecular flexibility index (Phi) is 7.02. The normalized spacial score (nSPS) is 28.5. The largest absolute Gasteiger partial charge is 0.497 e. The molecule has 2 fully saturated rings. The molecule has 2 unspecified atom stereocenters. The van der Waals surface area contributed by atoms with Crippen LogP contribution in [0, 0.1) is 23.2 Å². The second kappa shape index (κ2) is 9.32. The molecule has 2 aliphatic rings. The van der Waals surface area contributed by atoms with Gasteiger partial charge in [-0.25, -0.2) is 0 Å². The molecule has 0 bridgehead atoms. The first-order valence-corrected chi connectivity index (χ1v) is 11.2. The molecule has 3 rings (SSSR count). The van der Waals surface area contributed by atoms with Crippen molar-refractivity contribution in [3.63, 3.8) is 0 Å². The fourth-order valence-corrected chi connectivity index (χ4v) is 6.04. The van der Waals surface area contributed by atoms with E-state index in [0.717, 1.165) is 49.8 Å². The highest BCUT2D eigenvalue weighted by molar-refractivity contribution is 5.83. The monoisotopic (exact) mass is 400 g/mol. The lowest BCUT2D eigenvalue weighted by Crippen LogP contribution is -2.39. The zero-order valence-electron chi connectivity index (χ0n) is 18.4. The van der Waals surface area contributed by atoms with Gasteiger partial charge in [-0.1, -0.05) is 32.4 Å². The van der Waals surface area contributed by atoms with Crippen molar-refractivity contribution < 1.29 is 19.1 Å². The predicted molar refractivity (Wildman–Crippen MR) is 114 cm³/mol. The van der Waals surface area contributed by atoms with Crippen molar-refractivity contribution in [3.8, 4) is 5.75 Å². The first-order valence-electron chi connectivity index (χ1n) is 11.2. The van der Waals surface area contributed by atoms with Crippen LogP contribution in [0.3, 0.4) is 0 Å². The minimum atomic E-state index is -0.245. The molecule has 1 aromatic rings. The summed E-state index contributed by atoms with van der Waals surface area (Å²) in [5.41, 5.74) is 1.21. The molecule has 0 heterocycles. The summed E-state index contributed by atoms with van der Waals surface area (Å²) in [5, 5.41) is 0. The Morgan fingerprint density at radius 1 is 1.21 bits per heavy atom. The standard InChI is InChI=1S/C25H36O4/c1-17(21-14-15-22-23(27)8-6-16-25(21,22)3)7-5-9-24(29-18(2)26)19-10-12-20(28-4)13-11-19/h10-13,17,21-22,24H,5-9,14-16H2,1-4H3/t17?,21-,22+,24?,25-/m1/s1. The van der Waals surface area contributed by atoms with Crippen molar-refractivity contribution in [2.45, 2.75) is 78.2 Å². The number of Topliss-reactive ketones (excluding diaryl/α,β-unsaturated/α-hetero) is 1. The van der Waals surface area contributed by atoms with Crippen molar-refractivity contribution in [1.82, 2.24) is 0 Å². The Morgan fingerprint density at radius 3 is 2.59 bits per heavy atom. The Labute approximate surface area is 175 Å². The van der Waals surface area contributed by atoms with E-state index in [4.69, 9.17) is 9.47 Å². The smallest absolute Gasteiger partial charge is 0.303 e. The van der Waals surface area contributed by atoms with Gasteiger partial charge in [-0.15, -0.1) is 0 Å². The van der Waals surface area contributed by atoms with E-state index in [2.05, 4.69) is 13.8 Å². The lowest BCUT2D eigenvalue weighted by Gasteiger charge is -2.42. The minimum absolute atomic E-state index is 0.194. The number of ether oxygens (including phenoxy) is 2. The number of benzene rings is 1. The minimum Gasteiger partial charge on any atom is -0.497 e. The number of fused-ring (bicyclic) bond motifs is 1. The molecule has 0 saturated heterocycles. The molecule has 0 aromatic heterocycles. The van der Waals surface area contributed by atoms with E-state index in [0.29, 0.717) is 17.6 Å². The molecule has 0 aliphatic heterocycles. The van der Waals surface area contributed by atoms with Gasteiger partial charge in [-0.2, -0.15) is 0 Å². The van der Waals surface area contributed by atoms with Gasteiger partial charge in [0.25, 0.3) is 0 Å². The second-order valence-corrected chi connectivity index (χ2v) is 9.34. The van der Waals surface area contributed by atoms with Crippen LogP contribution < -0.4 is 4.74 Å². The van der Waals surface area contributed by atoms with Gasteiger partial charge in [-0.3, -0.25) is 9.59 Å². The molecular formula is C25H36O4. The summed E-state index contributed by atoms with van der Waals surface area (Å²) in [5.74, 6) is 2.56. The Morgan fingerprint density at radius 2 is 1.93 bits per heavy atom. The maximum Gasteiger partial charge on any atom is 0.303 e. The van der Waals surface area contributed by atoms with Crippen molar-refractivity contribution >= 4 is 11.8 Å². The van der Waals surface area contributed by atoms with E-state index < -0.39 is 0 Å². The van der Waals surface area contributed by atoms with Crippen LogP contribution in [0.1, 0.15) is 83.8 Å². The van der Waals surface area contributed by atoms with Gasteiger partial charge in [-0.05, 0) is 73.5 Å². The van der Waals surface area contributed by atoms with Crippen LogP contribution in [0.25, 0.3) is 0 Å². The van der Waals surface area contributed by atoms with Crippen molar-refractivity contribution in [1.29, 1.82) is 0 Å². The summed E-state index contributed by atoms with van der Waals surface area (Å²) in [6.45, 7) is 6.19. The highest BCUT2D eigenvalue weighted by Gasteiger charge is 2.52. The number of carbonyl (C=O) groups excluding carboxylic acids is 2. The molecular weight excluding hydrogens is 364 g/mol. The van der Waals surface area contributed by atoms with Gasteiger partial charge in [0.2, 0.25) is 0 Å². The van der Waals surface area contributed by atoms with Crippen LogP contribution in [0.2, 0.25) is 0 Å². The summed E-state index contributed by atoms with van der Waals surface area (Å²) < 4.78 is 10.8. The number of ketones is 1. The second-order valence-electron chi connectivity index (χ2n) is 9.34. The van der Waals surface area contributed by atoms with Crippen molar-refractivity contribution in [2.24, 2.45) is 23.2 Å². The number of esters is 1. The van der Waals surface area contributed by atoms with E-state index in [9.17, 15) is 9.59 Å². The lowest BCUT2D eigenvalue weighted by molar-refractivity contribution is -0.147. The highest BCUT2D eigenvalue weighted by Crippen LogP contribution is 2.57. The van der Waals surface area contributed by atoms with Gasteiger partial charge in [0.05, 0.1) is 7.11 Å². The molecule has 2 saturated carbocycles. The molecule has 4 heteroatoms. The molecule has 0 N–H and O–H groups in total. The zero-order chi connectivity index (χ0) is 21.0. The third-order valence-corrected chi connectivity index (χ3v) is 7.55. The topological polar surface area (TPSA) is 52.6 Å². The summed E-state index contributed by atoms with van der Waals surface area (Å²) in [6.07, 6.45) is 8.02. The van der Waals surface area contributed by atoms with Gasteiger partial charge in [0.1, 0.15) is 17.6 Å². The number of hydrogen-bond donors (Lipinski definition) is 0. The zero-order valence-corrected chi connectivity index (χ0v) is 18.4. The van der Waals surface area contributed by atoms with Gasteiger partial charge >= 0.3 is 5.97 Å². The average molecular weight is 401 g/mol. The van der Waals surface area contributed by atoms with E-state index in [1.54, 1.807) is 7.11 Å². The van der Waals surface area contributed by atoms with E-state index in [1.807, 2.05) is 24.3 Å². The third kappa shape index (κ3) is 4.84. The maximum atomic E-state index is 12.4. The molecule has 4 nitrogen and oxygen atoms in total. The molecule has 0 spiro atoms. The maximum absolute atomic E-state index is 12.4. The van der Waals surface area contributed by atoms with Gasteiger partial charge in [0, 0.05) is 19.3 Å². The van der Waals surface area contributed by atoms with Crippen LogP contribution in [0.15, 0.2) is 24.3 Å². The lowest BCUT2D eigenvalue weighted by atomic mass is 9.62. The summed E-state index contributed by atoms with van der Waals surface area (Å²) in [7, 11) is 1.65. The number of carbonyl (C=O) groups is 2. The molecule has 2 aliphatic carbocycles. The van der Waals surface area contributed by atoms with Crippen LogP contribution in [0.4, 0.5) is 0 Å². The fraction of sp³-hybridized carbons (Fsp3) is 0.680. The van der Waals surface area contributed by atoms with Crippen LogP contribution in [-0.2, 0) is 14.3 Å². The molecule has 29 heavy (non-hydrogen) atoms. The molecule has 0 radical (unpaired) electrons. The van der Waals surface area contributed by atoms with Crippen LogP contribution in [-0.4, -0.2) is 18.9 Å². The molecule has 1 aromatic carbocycles. The van der Waals surface area contributed by atoms with E-state index in [-0.39, 0.29) is 23.4 Å². The molecule has 160 valence electrons. The number of hydrogen-bond acceptors (Lipinski definition) is 4. The SMILES string of the molecule is COc1ccc(C(CCCC(C)[C@H]2CC[C@H]3C(=O)CCC[C@]23C)OC(C)=O)cc1. The van der Waals surface area contributed by atoms with E-state index >= 15 is 0 Å². The Hall–Kier alpha value is -1.84. The van der Waals surface area contributed by atoms with Crippen LogP contribution in [0.5, 0.6) is 5.75 Å². The summed E-state index contributed by atoms with van der Waals surface area (Å²) in [6, 6.07) is 7.78. The number of rotatable bonds is 8. The first-order chi connectivity index (χ1) is 13.8. The van der Waals surface area contributed by atoms with Crippen LogP contribution >= 0.6 is 0 Å².